The van der Waals surface area contributed by atoms with Gasteiger partial charge in [0, 0.05) is 31.2 Å². The number of anilines is 1. The number of hydrogen-bond acceptors (Lipinski definition) is 4. The van der Waals surface area contributed by atoms with E-state index in [1.807, 2.05) is 38.5 Å². The van der Waals surface area contributed by atoms with Gasteiger partial charge in [-0.15, -0.1) is 11.3 Å². The van der Waals surface area contributed by atoms with Crippen molar-refractivity contribution >= 4 is 22.6 Å². The molecule has 0 radical (unpaired) electrons. The molecular weight excluding hydrogens is 232 g/mol. The molecular formula is C13H16N2OS. The maximum atomic E-state index is 9.17. The van der Waals surface area contributed by atoms with Crippen LogP contribution in [0.2, 0.25) is 0 Å². The zero-order chi connectivity index (χ0) is 12.5. The maximum Gasteiger partial charge on any atom is 0.119 e. The molecule has 2 aromatic rings. The number of hydrogen-bond donors (Lipinski definition) is 1. The van der Waals surface area contributed by atoms with Gasteiger partial charge >= 0.3 is 0 Å². The number of thiophene rings is 1. The summed E-state index contributed by atoms with van der Waals surface area (Å²) in [5.74, 6) is 0. The molecule has 2 heterocycles. The van der Waals surface area contributed by atoms with E-state index in [4.69, 9.17) is 0 Å². The van der Waals surface area contributed by atoms with Crippen LogP contribution in [0.4, 0.5) is 5.00 Å². The third-order valence-corrected chi connectivity index (χ3v) is 2.97. The molecule has 0 fully saturated rings. The van der Waals surface area contributed by atoms with E-state index in [-0.39, 0.29) is 0 Å². The minimum Gasteiger partial charge on any atom is -0.380 e. The van der Waals surface area contributed by atoms with Crippen molar-refractivity contribution in [2.75, 3.05) is 12.4 Å². The number of pyridine rings is 1. The molecule has 0 unspecified atom stereocenters. The second kappa shape index (κ2) is 7.57. The lowest BCUT2D eigenvalue weighted by Gasteiger charge is -1.94. The number of nitrogens with zero attached hydrogens (tertiary/aromatic N) is 1. The number of carbonyl (C=O) groups excluding carboxylic acids is 1. The maximum absolute atomic E-state index is 9.17. The minimum atomic E-state index is 0.639. The fourth-order valence-corrected chi connectivity index (χ4v) is 1.93. The van der Waals surface area contributed by atoms with Gasteiger partial charge in [-0.05, 0) is 29.3 Å². The highest BCUT2D eigenvalue weighted by Gasteiger charge is 1.99. The first-order valence-corrected chi connectivity index (χ1v) is 6.30. The first-order chi connectivity index (χ1) is 8.31. The molecule has 17 heavy (non-hydrogen) atoms. The minimum absolute atomic E-state index is 0.639. The van der Waals surface area contributed by atoms with Crippen molar-refractivity contribution in [2.45, 2.75) is 13.3 Å². The van der Waals surface area contributed by atoms with E-state index in [1.165, 1.54) is 16.1 Å². The van der Waals surface area contributed by atoms with Gasteiger partial charge in [0.25, 0.3) is 0 Å². The average Bonchev–Trinajstić information content (AvgIpc) is 2.89. The molecule has 0 atom stereocenters. The number of aldehydes is 1. The van der Waals surface area contributed by atoms with Gasteiger partial charge in [0.1, 0.15) is 6.29 Å². The van der Waals surface area contributed by atoms with Crippen LogP contribution < -0.4 is 5.32 Å². The van der Waals surface area contributed by atoms with E-state index in [1.54, 1.807) is 11.3 Å². The second-order valence-electron chi connectivity index (χ2n) is 3.26. The molecule has 0 amide bonds. The molecule has 0 spiro atoms. The number of carbonyl (C=O) groups is 1. The van der Waals surface area contributed by atoms with Gasteiger partial charge in [-0.2, -0.15) is 0 Å². The summed E-state index contributed by atoms with van der Waals surface area (Å²) in [6.07, 6.45) is 5.14. The second-order valence-corrected chi connectivity index (χ2v) is 4.17. The highest BCUT2D eigenvalue weighted by atomic mass is 32.1. The van der Waals surface area contributed by atoms with Crippen molar-refractivity contribution in [1.29, 1.82) is 0 Å². The lowest BCUT2D eigenvalue weighted by atomic mass is 10.1. The van der Waals surface area contributed by atoms with Crippen LogP contribution in [0.25, 0.3) is 11.1 Å². The Kier molecular flexibility index (Phi) is 5.96. The van der Waals surface area contributed by atoms with Gasteiger partial charge < -0.3 is 10.1 Å². The van der Waals surface area contributed by atoms with E-state index in [9.17, 15) is 4.79 Å². The topological polar surface area (TPSA) is 42.0 Å². The predicted octanol–water partition coefficient (Wildman–Crippen LogP) is 3.45. The van der Waals surface area contributed by atoms with Crippen molar-refractivity contribution in [3.8, 4) is 11.1 Å². The molecule has 0 aliphatic carbocycles. The molecule has 2 aromatic heterocycles. The van der Waals surface area contributed by atoms with Crippen LogP contribution in [0.15, 0.2) is 36.0 Å². The van der Waals surface area contributed by atoms with Gasteiger partial charge in [-0.3, -0.25) is 4.98 Å². The lowest BCUT2D eigenvalue weighted by molar-refractivity contribution is -0.107. The van der Waals surface area contributed by atoms with Crippen molar-refractivity contribution in [3.05, 3.63) is 36.0 Å². The monoisotopic (exact) mass is 248 g/mol. The first-order valence-electron chi connectivity index (χ1n) is 5.42. The Labute approximate surface area is 106 Å². The number of rotatable bonds is 3. The SMILES string of the molecule is CCC=O.CNc1cc(-c2ccncc2)cs1. The smallest absolute Gasteiger partial charge is 0.119 e. The molecule has 3 nitrogen and oxygen atoms in total. The van der Waals surface area contributed by atoms with Crippen LogP contribution in [0.1, 0.15) is 13.3 Å². The normalized spacial score (nSPS) is 9.06. The molecule has 0 aromatic carbocycles. The third kappa shape index (κ3) is 4.36. The highest BCUT2D eigenvalue weighted by Crippen LogP contribution is 2.27. The van der Waals surface area contributed by atoms with E-state index in [0.717, 1.165) is 6.29 Å². The molecule has 0 saturated heterocycles. The zero-order valence-electron chi connectivity index (χ0n) is 10.0. The van der Waals surface area contributed by atoms with Gasteiger partial charge in [0.2, 0.25) is 0 Å². The first kappa shape index (κ1) is 13.4. The van der Waals surface area contributed by atoms with Gasteiger partial charge in [-0.25, -0.2) is 0 Å². The van der Waals surface area contributed by atoms with Gasteiger partial charge in [0.05, 0.1) is 5.00 Å². The molecule has 0 saturated carbocycles. The fraction of sp³-hybridized carbons (Fsp3) is 0.231. The molecule has 0 bridgehead atoms. The zero-order valence-corrected chi connectivity index (χ0v) is 10.8. The van der Waals surface area contributed by atoms with Crippen LogP contribution in [-0.2, 0) is 4.79 Å². The number of aromatic nitrogens is 1. The Morgan fingerprint density at radius 3 is 2.47 bits per heavy atom. The van der Waals surface area contributed by atoms with Crippen molar-refractivity contribution in [1.82, 2.24) is 4.98 Å². The molecule has 90 valence electrons. The molecule has 2 rings (SSSR count). The lowest BCUT2D eigenvalue weighted by Crippen LogP contribution is -1.81. The van der Waals surface area contributed by atoms with E-state index < -0.39 is 0 Å². The van der Waals surface area contributed by atoms with Crippen molar-refractivity contribution < 1.29 is 4.79 Å². The van der Waals surface area contributed by atoms with Crippen LogP contribution in [0, 0.1) is 0 Å². The fourth-order valence-electron chi connectivity index (χ4n) is 1.16. The molecule has 4 heteroatoms. The third-order valence-electron chi connectivity index (χ3n) is 2.03. The largest absolute Gasteiger partial charge is 0.380 e. The Bertz CT molecular complexity index is 440. The van der Waals surface area contributed by atoms with Crippen molar-refractivity contribution in [3.63, 3.8) is 0 Å². The standard InChI is InChI=1S/C10H10N2S.C3H6O/c1-11-10-6-9(7-13-10)8-2-4-12-5-3-8;1-2-3-4/h2-7,11H,1H3;3H,2H2,1H3. The number of nitrogens with one attached hydrogen (secondary N) is 1. The summed E-state index contributed by atoms with van der Waals surface area (Å²) >= 11 is 1.71. The van der Waals surface area contributed by atoms with Crippen LogP contribution >= 0.6 is 11.3 Å². The summed E-state index contributed by atoms with van der Waals surface area (Å²) in [5.41, 5.74) is 2.46. The van der Waals surface area contributed by atoms with Gasteiger partial charge in [-0.1, -0.05) is 6.92 Å². The van der Waals surface area contributed by atoms with Crippen molar-refractivity contribution in [2.24, 2.45) is 0 Å². The average molecular weight is 248 g/mol. The summed E-state index contributed by atoms with van der Waals surface area (Å²) in [7, 11) is 1.93. The van der Waals surface area contributed by atoms with E-state index in [0.29, 0.717) is 6.42 Å². The summed E-state index contributed by atoms with van der Waals surface area (Å²) in [5, 5.41) is 6.45. The predicted molar refractivity (Wildman–Crippen MR) is 73.5 cm³/mol. The molecule has 0 aliphatic heterocycles. The highest BCUT2D eigenvalue weighted by molar-refractivity contribution is 7.14. The summed E-state index contributed by atoms with van der Waals surface area (Å²) in [4.78, 5) is 13.2. The quantitative estimate of drug-likeness (QED) is 0.846. The van der Waals surface area contributed by atoms with Crippen LogP contribution in [0.5, 0.6) is 0 Å². The van der Waals surface area contributed by atoms with Crippen LogP contribution in [-0.4, -0.2) is 18.3 Å². The Morgan fingerprint density at radius 2 is 2.00 bits per heavy atom. The van der Waals surface area contributed by atoms with E-state index >= 15 is 0 Å². The Balaban J connectivity index is 0.000000317. The molecule has 0 aliphatic rings. The summed E-state index contributed by atoms with van der Waals surface area (Å²) < 4.78 is 0. The van der Waals surface area contributed by atoms with E-state index in [2.05, 4.69) is 21.7 Å². The Morgan fingerprint density at radius 1 is 1.35 bits per heavy atom. The Hall–Kier alpha value is -1.68. The summed E-state index contributed by atoms with van der Waals surface area (Å²) in [6.45, 7) is 1.81. The summed E-state index contributed by atoms with van der Waals surface area (Å²) in [6, 6.07) is 6.17. The van der Waals surface area contributed by atoms with Crippen LogP contribution in [0.3, 0.4) is 0 Å². The van der Waals surface area contributed by atoms with Gasteiger partial charge in [0.15, 0.2) is 0 Å². The molecule has 1 N–H and O–H groups in total.